The van der Waals surface area contributed by atoms with E-state index in [1.54, 1.807) is 11.3 Å². The Morgan fingerprint density at radius 1 is 1.19 bits per heavy atom. The van der Waals surface area contributed by atoms with Crippen LogP contribution in [-0.2, 0) is 6.42 Å². The quantitative estimate of drug-likeness (QED) is 0.882. The Morgan fingerprint density at radius 3 is 2.62 bits per heavy atom. The monoisotopic (exact) mass is 233 g/mol. The van der Waals surface area contributed by atoms with E-state index in [9.17, 15) is 0 Å². The SMILES string of the molecule is Cc1ccc(-c2nnc(CCCN)s2)cc1. The Kier molecular flexibility index (Phi) is 3.64. The summed E-state index contributed by atoms with van der Waals surface area (Å²) in [6.45, 7) is 2.79. The van der Waals surface area contributed by atoms with Crippen molar-refractivity contribution in [3.63, 3.8) is 0 Å². The van der Waals surface area contributed by atoms with E-state index in [0.29, 0.717) is 6.54 Å². The summed E-state index contributed by atoms with van der Waals surface area (Å²) in [5.41, 5.74) is 7.87. The van der Waals surface area contributed by atoms with E-state index in [4.69, 9.17) is 5.73 Å². The van der Waals surface area contributed by atoms with E-state index >= 15 is 0 Å². The van der Waals surface area contributed by atoms with E-state index in [0.717, 1.165) is 28.4 Å². The number of rotatable bonds is 4. The zero-order valence-corrected chi connectivity index (χ0v) is 10.1. The molecule has 0 saturated carbocycles. The smallest absolute Gasteiger partial charge is 0.147 e. The van der Waals surface area contributed by atoms with Gasteiger partial charge in [-0.05, 0) is 19.9 Å². The molecular weight excluding hydrogens is 218 g/mol. The fraction of sp³-hybridized carbons (Fsp3) is 0.333. The van der Waals surface area contributed by atoms with E-state index in [1.807, 2.05) is 0 Å². The first kappa shape index (κ1) is 11.2. The molecule has 0 bridgehead atoms. The van der Waals surface area contributed by atoms with Crippen molar-refractivity contribution >= 4 is 11.3 Å². The molecule has 0 fully saturated rings. The minimum atomic E-state index is 0.708. The molecule has 0 spiro atoms. The summed E-state index contributed by atoms with van der Waals surface area (Å²) in [4.78, 5) is 0. The predicted octanol–water partition coefficient (Wildman–Crippen LogP) is 2.40. The standard InChI is InChI=1S/C12H15N3S/c1-9-4-6-10(7-5-9)12-15-14-11(16-12)3-2-8-13/h4-7H,2-3,8,13H2,1H3. The first-order chi connectivity index (χ1) is 7.79. The molecule has 1 aromatic carbocycles. The predicted molar refractivity (Wildman–Crippen MR) is 67.5 cm³/mol. The van der Waals surface area contributed by atoms with Crippen molar-refractivity contribution in [2.75, 3.05) is 6.54 Å². The van der Waals surface area contributed by atoms with Gasteiger partial charge in [0.1, 0.15) is 10.0 Å². The van der Waals surface area contributed by atoms with Gasteiger partial charge in [-0.15, -0.1) is 10.2 Å². The van der Waals surface area contributed by atoms with Gasteiger partial charge in [-0.1, -0.05) is 41.2 Å². The van der Waals surface area contributed by atoms with Gasteiger partial charge in [-0.3, -0.25) is 0 Å². The molecule has 1 heterocycles. The Bertz CT molecular complexity index is 448. The summed E-state index contributed by atoms with van der Waals surface area (Å²) in [6, 6.07) is 8.36. The van der Waals surface area contributed by atoms with Crippen molar-refractivity contribution in [2.24, 2.45) is 5.73 Å². The summed E-state index contributed by atoms with van der Waals surface area (Å²) < 4.78 is 0. The van der Waals surface area contributed by atoms with E-state index in [2.05, 4.69) is 41.4 Å². The molecule has 84 valence electrons. The third kappa shape index (κ3) is 2.65. The van der Waals surface area contributed by atoms with Crippen molar-refractivity contribution in [1.82, 2.24) is 10.2 Å². The Hall–Kier alpha value is -1.26. The summed E-state index contributed by atoms with van der Waals surface area (Å²) >= 11 is 1.65. The molecular formula is C12H15N3S. The van der Waals surface area contributed by atoms with Crippen LogP contribution in [0.25, 0.3) is 10.6 Å². The third-order valence-corrected chi connectivity index (χ3v) is 3.39. The minimum Gasteiger partial charge on any atom is -0.330 e. The fourth-order valence-corrected chi connectivity index (χ4v) is 2.31. The molecule has 3 nitrogen and oxygen atoms in total. The van der Waals surface area contributed by atoms with Gasteiger partial charge in [0.15, 0.2) is 0 Å². The maximum Gasteiger partial charge on any atom is 0.147 e. The van der Waals surface area contributed by atoms with Crippen molar-refractivity contribution in [3.8, 4) is 10.6 Å². The fourth-order valence-electron chi connectivity index (χ4n) is 1.42. The summed E-state index contributed by atoms with van der Waals surface area (Å²) in [5, 5.41) is 10.4. The first-order valence-electron chi connectivity index (χ1n) is 5.39. The van der Waals surface area contributed by atoms with Crippen molar-refractivity contribution in [3.05, 3.63) is 34.8 Å². The van der Waals surface area contributed by atoms with E-state index in [1.165, 1.54) is 5.56 Å². The lowest BCUT2D eigenvalue weighted by Gasteiger charge is -1.95. The topological polar surface area (TPSA) is 51.8 Å². The number of nitrogens with zero attached hydrogens (tertiary/aromatic N) is 2. The van der Waals surface area contributed by atoms with Crippen LogP contribution in [-0.4, -0.2) is 16.7 Å². The van der Waals surface area contributed by atoms with Crippen LogP contribution in [0.4, 0.5) is 0 Å². The zero-order valence-electron chi connectivity index (χ0n) is 9.31. The highest BCUT2D eigenvalue weighted by Crippen LogP contribution is 2.24. The molecule has 16 heavy (non-hydrogen) atoms. The van der Waals surface area contributed by atoms with Gasteiger partial charge < -0.3 is 5.73 Å². The molecule has 1 aromatic heterocycles. The van der Waals surface area contributed by atoms with Gasteiger partial charge in [0.25, 0.3) is 0 Å². The lowest BCUT2D eigenvalue weighted by Crippen LogP contribution is -1.99. The lowest BCUT2D eigenvalue weighted by atomic mass is 10.2. The van der Waals surface area contributed by atoms with Gasteiger partial charge in [0, 0.05) is 12.0 Å². The van der Waals surface area contributed by atoms with Crippen LogP contribution in [0.15, 0.2) is 24.3 Å². The largest absolute Gasteiger partial charge is 0.330 e. The van der Waals surface area contributed by atoms with E-state index in [-0.39, 0.29) is 0 Å². The number of aromatic nitrogens is 2. The Morgan fingerprint density at radius 2 is 1.94 bits per heavy atom. The number of nitrogens with two attached hydrogens (primary N) is 1. The summed E-state index contributed by atoms with van der Waals surface area (Å²) in [6.07, 6.45) is 1.91. The minimum absolute atomic E-state index is 0.708. The third-order valence-electron chi connectivity index (χ3n) is 2.36. The molecule has 0 aliphatic carbocycles. The number of benzene rings is 1. The highest BCUT2D eigenvalue weighted by atomic mass is 32.1. The summed E-state index contributed by atoms with van der Waals surface area (Å²) in [7, 11) is 0. The Balaban J connectivity index is 2.15. The average Bonchev–Trinajstić information content (AvgIpc) is 2.76. The number of aryl methyl sites for hydroxylation is 2. The first-order valence-corrected chi connectivity index (χ1v) is 6.21. The van der Waals surface area contributed by atoms with Gasteiger partial charge in [0.2, 0.25) is 0 Å². The normalized spacial score (nSPS) is 10.6. The highest BCUT2D eigenvalue weighted by Gasteiger charge is 2.05. The second-order valence-electron chi connectivity index (χ2n) is 3.76. The second-order valence-corrected chi connectivity index (χ2v) is 4.82. The molecule has 0 radical (unpaired) electrons. The lowest BCUT2D eigenvalue weighted by molar-refractivity contribution is 0.812. The number of hydrogen-bond acceptors (Lipinski definition) is 4. The van der Waals surface area contributed by atoms with Crippen LogP contribution >= 0.6 is 11.3 Å². The molecule has 0 atom stereocenters. The van der Waals surface area contributed by atoms with Gasteiger partial charge in [-0.25, -0.2) is 0 Å². The molecule has 4 heteroatoms. The average molecular weight is 233 g/mol. The molecule has 0 amide bonds. The zero-order chi connectivity index (χ0) is 11.4. The highest BCUT2D eigenvalue weighted by molar-refractivity contribution is 7.14. The van der Waals surface area contributed by atoms with Crippen molar-refractivity contribution in [1.29, 1.82) is 0 Å². The molecule has 0 aliphatic rings. The maximum absolute atomic E-state index is 5.47. The molecule has 2 rings (SSSR count). The van der Waals surface area contributed by atoms with Crippen LogP contribution in [0.1, 0.15) is 17.0 Å². The van der Waals surface area contributed by atoms with Gasteiger partial charge >= 0.3 is 0 Å². The van der Waals surface area contributed by atoms with Crippen LogP contribution in [0.5, 0.6) is 0 Å². The van der Waals surface area contributed by atoms with Gasteiger partial charge in [-0.2, -0.15) is 0 Å². The van der Waals surface area contributed by atoms with Crippen LogP contribution in [0.2, 0.25) is 0 Å². The van der Waals surface area contributed by atoms with Crippen LogP contribution in [0, 0.1) is 6.92 Å². The van der Waals surface area contributed by atoms with E-state index < -0.39 is 0 Å². The van der Waals surface area contributed by atoms with Crippen molar-refractivity contribution < 1.29 is 0 Å². The Labute approximate surface area is 99.3 Å². The van der Waals surface area contributed by atoms with Gasteiger partial charge in [0.05, 0.1) is 0 Å². The van der Waals surface area contributed by atoms with Crippen molar-refractivity contribution in [2.45, 2.75) is 19.8 Å². The maximum atomic E-state index is 5.47. The number of hydrogen-bond donors (Lipinski definition) is 1. The molecule has 0 aliphatic heterocycles. The molecule has 0 saturated heterocycles. The molecule has 2 aromatic rings. The van der Waals surface area contributed by atoms with Crippen LogP contribution in [0.3, 0.4) is 0 Å². The van der Waals surface area contributed by atoms with Crippen LogP contribution < -0.4 is 5.73 Å². The molecule has 0 unspecified atom stereocenters. The second kappa shape index (κ2) is 5.18. The summed E-state index contributed by atoms with van der Waals surface area (Å²) in [5.74, 6) is 0. The molecule has 2 N–H and O–H groups in total.